The molecule has 0 heterocycles. The zero-order valence-corrected chi connectivity index (χ0v) is 18.8. The Kier molecular flexibility index (Phi) is 8.08. The third kappa shape index (κ3) is 5.58. The molecule has 0 aromatic heterocycles. The first-order chi connectivity index (χ1) is 15.6. The van der Waals surface area contributed by atoms with E-state index in [1.807, 2.05) is 80.6 Å². The number of amides is 2. The van der Waals surface area contributed by atoms with E-state index in [0.717, 1.165) is 22.1 Å². The quantitative estimate of drug-likeness (QED) is 0.520. The SMILES string of the molecule is CCNC(=O)C(CC)N(Cc1ccc(OC)cc1)C(=O)COc1cccc2ccccc12. The molecule has 0 fully saturated rings. The molecule has 1 atom stereocenters. The van der Waals surface area contributed by atoms with Crippen molar-refractivity contribution in [3.63, 3.8) is 0 Å². The molecule has 32 heavy (non-hydrogen) atoms. The Morgan fingerprint density at radius 2 is 1.69 bits per heavy atom. The van der Waals surface area contributed by atoms with Crippen LogP contribution in [0.5, 0.6) is 11.5 Å². The minimum Gasteiger partial charge on any atom is -0.497 e. The lowest BCUT2D eigenvalue weighted by atomic mass is 10.1. The molecule has 3 aromatic carbocycles. The summed E-state index contributed by atoms with van der Waals surface area (Å²) in [6.07, 6.45) is 0.502. The van der Waals surface area contributed by atoms with Gasteiger partial charge in [-0.25, -0.2) is 0 Å². The molecule has 3 aromatic rings. The fourth-order valence-corrected chi connectivity index (χ4v) is 3.68. The van der Waals surface area contributed by atoms with Crippen molar-refractivity contribution in [3.05, 3.63) is 72.3 Å². The zero-order valence-electron chi connectivity index (χ0n) is 18.8. The lowest BCUT2D eigenvalue weighted by Crippen LogP contribution is -2.50. The van der Waals surface area contributed by atoms with Gasteiger partial charge in [-0.1, -0.05) is 55.5 Å². The number of likely N-dealkylation sites (N-methyl/N-ethyl adjacent to an activating group) is 1. The van der Waals surface area contributed by atoms with Crippen LogP contribution in [-0.2, 0) is 16.1 Å². The van der Waals surface area contributed by atoms with E-state index in [0.29, 0.717) is 25.3 Å². The van der Waals surface area contributed by atoms with Crippen LogP contribution in [0.15, 0.2) is 66.7 Å². The number of rotatable bonds is 10. The molecule has 6 nitrogen and oxygen atoms in total. The highest BCUT2D eigenvalue weighted by atomic mass is 16.5. The van der Waals surface area contributed by atoms with Gasteiger partial charge in [-0.3, -0.25) is 9.59 Å². The minimum atomic E-state index is -0.583. The lowest BCUT2D eigenvalue weighted by Gasteiger charge is -2.30. The van der Waals surface area contributed by atoms with Crippen molar-refractivity contribution in [2.45, 2.75) is 32.9 Å². The normalized spacial score (nSPS) is 11.6. The standard InChI is InChI=1S/C26H30N2O4/c1-4-23(26(30)27-5-2)28(17-19-13-15-21(31-3)16-14-19)25(29)18-32-24-12-8-10-20-9-6-7-11-22(20)24/h6-16,23H,4-5,17-18H2,1-3H3,(H,27,30). The first kappa shape index (κ1) is 23.1. The van der Waals surface area contributed by atoms with Gasteiger partial charge >= 0.3 is 0 Å². The fraction of sp³-hybridized carbons (Fsp3) is 0.308. The molecule has 0 bridgehead atoms. The molecule has 0 aliphatic heterocycles. The molecule has 0 spiro atoms. The molecule has 1 unspecified atom stereocenters. The van der Waals surface area contributed by atoms with Crippen molar-refractivity contribution in [3.8, 4) is 11.5 Å². The topological polar surface area (TPSA) is 67.9 Å². The van der Waals surface area contributed by atoms with Gasteiger partial charge in [-0.05, 0) is 42.5 Å². The number of hydrogen-bond acceptors (Lipinski definition) is 4. The lowest BCUT2D eigenvalue weighted by molar-refractivity contribution is -0.142. The molecule has 0 saturated carbocycles. The van der Waals surface area contributed by atoms with Gasteiger partial charge in [0, 0.05) is 18.5 Å². The number of carbonyl (C=O) groups excluding carboxylic acids is 2. The predicted molar refractivity (Wildman–Crippen MR) is 126 cm³/mol. The van der Waals surface area contributed by atoms with Crippen molar-refractivity contribution < 1.29 is 19.1 Å². The monoisotopic (exact) mass is 434 g/mol. The van der Waals surface area contributed by atoms with Crippen molar-refractivity contribution in [2.75, 3.05) is 20.3 Å². The number of fused-ring (bicyclic) bond motifs is 1. The van der Waals surface area contributed by atoms with Gasteiger partial charge < -0.3 is 19.7 Å². The second-order valence-corrected chi connectivity index (χ2v) is 7.45. The van der Waals surface area contributed by atoms with Crippen LogP contribution in [0.1, 0.15) is 25.8 Å². The second kappa shape index (κ2) is 11.2. The number of ether oxygens (including phenoxy) is 2. The molecule has 3 rings (SSSR count). The molecule has 0 aliphatic carbocycles. The Balaban J connectivity index is 1.81. The summed E-state index contributed by atoms with van der Waals surface area (Å²) in [5, 5.41) is 4.83. The van der Waals surface area contributed by atoms with Crippen molar-refractivity contribution in [1.82, 2.24) is 10.2 Å². The van der Waals surface area contributed by atoms with Crippen molar-refractivity contribution >= 4 is 22.6 Å². The summed E-state index contributed by atoms with van der Waals surface area (Å²) >= 11 is 0. The zero-order chi connectivity index (χ0) is 22.9. The molecule has 0 aliphatic rings. The van der Waals surface area contributed by atoms with Crippen molar-refractivity contribution in [1.29, 1.82) is 0 Å². The molecule has 6 heteroatoms. The molecule has 2 amide bonds. The van der Waals surface area contributed by atoms with E-state index in [1.165, 1.54) is 0 Å². The Bertz CT molecular complexity index is 1040. The summed E-state index contributed by atoms with van der Waals surface area (Å²) in [6.45, 7) is 4.42. The van der Waals surface area contributed by atoms with Gasteiger partial charge in [-0.2, -0.15) is 0 Å². The average molecular weight is 435 g/mol. The van der Waals surface area contributed by atoms with Crippen LogP contribution in [0, 0.1) is 0 Å². The third-order valence-electron chi connectivity index (χ3n) is 5.35. The highest BCUT2D eigenvalue weighted by Crippen LogP contribution is 2.25. The maximum atomic E-state index is 13.3. The maximum absolute atomic E-state index is 13.3. The molecular weight excluding hydrogens is 404 g/mol. The van der Waals surface area contributed by atoms with Crippen LogP contribution in [0.3, 0.4) is 0 Å². The summed E-state index contributed by atoms with van der Waals surface area (Å²) in [5.74, 6) is 0.975. The smallest absolute Gasteiger partial charge is 0.261 e. The average Bonchev–Trinajstić information content (AvgIpc) is 2.83. The number of methoxy groups -OCH3 is 1. The number of hydrogen-bond donors (Lipinski definition) is 1. The van der Waals surface area contributed by atoms with Gasteiger partial charge in [0.1, 0.15) is 17.5 Å². The van der Waals surface area contributed by atoms with E-state index >= 15 is 0 Å². The Labute approximate surface area is 189 Å². The van der Waals surface area contributed by atoms with E-state index in [1.54, 1.807) is 12.0 Å². The minimum absolute atomic E-state index is 0.153. The van der Waals surface area contributed by atoms with E-state index < -0.39 is 6.04 Å². The summed E-state index contributed by atoms with van der Waals surface area (Å²) in [6, 6.07) is 20.5. The summed E-state index contributed by atoms with van der Waals surface area (Å²) in [5.41, 5.74) is 0.909. The Morgan fingerprint density at radius 3 is 2.38 bits per heavy atom. The van der Waals surface area contributed by atoms with Gasteiger partial charge in [0.05, 0.1) is 7.11 Å². The molecular formula is C26H30N2O4. The largest absolute Gasteiger partial charge is 0.497 e. The molecule has 168 valence electrons. The summed E-state index contributed by atoms with van der Waals surface area (Å²) in [7, 11) is 1.61. The number of nitrogens with one attached hydrogen (secondary N) is 1. The molecule has 0 radical (unpaired) electrons. The first-order valence-electron chi connectivity index (χ1n) is 10.9. The first-order valence-corrected chi connectivity index (χ1v) is 10.9. The third-order valence-corrected chi connectivity index (χ3v) is 5.35. The van der Waals surface area contributed by atoms with E-state index in [4.69, 9.17) is 9.47 Å². The van der Waals surface area contributed by atoms with Crippen LogP contribution in [-0.4, -0.2) is 43.0 Å². The van der Waals surface area contributed by atoms with E-state index in [-0.39, 0.29) is 18.4 Å². The molecule has 1 N–H and O–H groups in total. The van der Waals surface area contributed by atoms with Gasteiger partial charge in [0.2, 0.25) is 5.91 Å². The van der Waals surface area contributed by atoms with Crippen LogP contribution in [0.25, 0.3) is 10.8 Å². The van der Waals surface area contributed by atoms with Crippen LogP contribution in [0.4, 0.5) is 0 Å². The summed E-state index contributed by atoms with van der Waals surface area (Å²) < 4.78 is 11.1. The van der Waals surface area contributed by atoms with Crippen LogP contribution >= 0.6 is 0 Å². The van der Waals surface area contributed by atoms with Crippen molar-refractivity contribution in [2.24, 2.45) is 0 Å². The second-order valence-electron chi connectivity index (χ2n) is 7.45. The van der Waals surface area contributed by atoms with E-state index in [9.17, 15) is 9.59 Å². The van der Waals surface area contributed by atoms with Crippen LogP contribution in [0.2, 0.25) is 0 Å². The van der Waals surface area contributed by atoms with E-state index in [2.05, 4.69) is 5.32 Å². The summed E-state index contributed by atoms with van der Waals surface area (Å²) in [4.78, 5) is 27.6. The predicted octanol–water partition coefficient (Wildman–Crippen LogP) is 4.17. The van der Waals surface area contributed by atoms with Gasteiger partial charge in [-0.15, -0.1) is 0 Å². The maximum Gasteiger partial charge on any atom is 0.261 e. The highest BCUT2D eigenvalue weighted by Gasteiger charge is 2.28. The number of benzene rings is 3. The number of carbonyl (C=O) groups is 2. The van der Waals surface area contributed by atoms with Gasteiger partial charge in [0.15, 0.2) is 6.61 Å². The molecule has 0 saturated heterocycles. The Morgan fingerprint density at radius 1 is 0.969 bits per heavy atom. The number of nitrogens with zero attached hydrogens (tertiary/aromatic N) is 1. The van der Waals surface area contributed by atoms with Crippen LogP contribution < -0.4 is 14.8 Å². The Hall–Kier alpha value is -3.54. The highest BCUT2D eigenvalue weighted by molar-refractivity contribution is 5.90. The van der Waals surface area contributed by atoms with Gasteiger partial charge in [0.25, 0.3) is 5.91 Å². The fourth-order valence-electron chi connectivity index (χ4n) is 3.68.